The first-order chi connectivity index (χ1) is 13.4. The van der Waals surface area contributed by atoms with Crippen LogP contribution in [-0.4, -0.2) is 39.9 Å². The van der Waals surface area contributed by atoms with Crippen molar-refractivity contribution >= 4 is 24.8 Å². The molecule has 1 atom stereocenters. The Hall–Kier alpha value is -1.41. The number of ether oxygens (including phenoxy) is 1. The molecule has 6 nitrogen and oxygen atoms in total. The van der Waals surface area contributed by atoms with Gasteiger partial charge in [-0.1, -0.05) is 0 Å². The van der Waals surface area contributed by atoms with Crippen LogP contribution in [0.25, 0.3) is 11.4 Å². The summed E-state index contributed by atoms with van der Waals surface area (Å²) < 4.78 is 22.6. The smallest absolute Gasteiger partial charge is 0.151 e. The largest absolute Gasteiger partial charge is 0.480 e. The summed E-state index contributed by atoms with van der Waals surface area (Å²) in [7, 11) is 0. The van der Waals surface area contributed by atoms with Crippen molar-refractivity contribution in [2.75, 3.05) is 19.6 Å². The summed E-state index contributed by atoms with van der Waals surface area (Å²) in [5.74, 6) is 0.146. The molecule has 0 amide bonds. The van der Waals surface area contributed by atoms with E-state index >= 15 is 0 Å². The molecule has 3 aliphatic rings. The zero-order valence-corrected chi connectivity index (χ0v) is 19.3. The zero-order chi connectivity index (χ0) is 19.5. The van der Waals surface area contributed by atoms with Crippen molar-refractivity contribution in [3.63, 3.8) is 0 Å². The molecule has 166 valence electrons. The summed E-state index contributed by atoms with van der Waals surface area (Å²) in [5, 5.41) is 12.1. The second kappa shape index (κ2) is 8.26. The van der Waals surface area contributed by atoms with Crippen molar-refractivity contribution in [2.45, 2.75) is 63.6 Å². The molecule has 2 N–H and O–H groups in total. The monoisotopic (exact) mass is 457 g/mol. The van der Waals surface area contributed by atoms with Gasteiger partial charge in [-0.2, -0.15) is 5.10 Å². The number of pyridine rings is 1. The van der Waals surface area contributed by atoms with Crippen LogP contribution in [-0.2, 0) is 5.60 Å². The number of aromatic nitrogens is 3. The Kier molecular flexibility index (Phi) is 6.41. The first kappa shape index (κ1) is 23.3. The van der Waals surface area contributed by atoms with Gasteiger partial charge in [-0.3, -0.25) is 4.68 Å². The molecule has 2 saturated heterocycles. The lowest BCUT2D eigenvalue weighted by molar-refractivity contribution is 0.0292. The molecule has 5 heterocycles. The van der Waals surface area contributed by atoms with Crippen LogP contribution in [0.2, 0.25) is 0 Å². The number of nitrogens with one attached hydrogen (secondary N) is 2. The highest BCUT2D eigenvalue weighted by Gasteiger charge is 2.47. The highest BCUT2D eigenvalue weighted by Crippen LogP contribution is 2.49. The van der Waals surface area contributed by atoms with Crippen molar-refractivity contribution in [1.29, 1.82) is 0 Å². The SMILES string of the molecule is Cc1c2c(nn1C1CCNC(C)(C)C1)-c1ncc(F)cc1OC21CCNCC1.Cl.Cl. The van der Waals surface area contributed by atoms with E-state index in [0.717, 1.165) is 62.3 Å². The Morgan fingerprint density at radius 3 is 2.60 bits per heavy atom. The zero-order valence-electron chi connectivity index (χ0n) is 17.6. The van der Waals surface area contributed by atoms with Gasteiger partial charge in [0, 0.05) is 35.7 Å². The van der Waals surface area contributed by atoms with Crippen LogP contribution in [0.4, 0.5) is 4.39 Å². The van der Waals surface area contributed by atoms with Gasteiger partial charge in [0.1, 0.15) is 22.8 Å². The minimum Gasteiger partial charge on any atom is -0.480 e. The summed E-state index contributed by atoms with van der Waals surface area (Å²) in [6.07, 6.45) is 5.02. The Balaban J connectivity index is 0.00000128. The third-order valence-electron chi connectivity index (χ3n) is 6.54. The first-order valence-corrected chi connectivity index (χ1v) is 10.3. The number of hydrogen-bond donors (Lipinski definition) is 2. The number of nitrogens with zero attached hydrogens (tertiary/aromatic N) is 3. The standard InChI is InChI=1S/C21H28FN5O.2ClH/c1-13-17-19(26-27(13)15-4-7-25-20(2,3)11-15)18-16(10-14(22)12-24-18)28-21(17)5-8-23-9-6-21;;/h10,12,15,23,25H,4-9,11H2,1-3H3;2*1H. The van der Waals surface area contributed by atoms with E-state index in [1.54, 1.807) is 0 Å². The summed E-state index contributed by atoms with van der Waals surface area (Å²) in [6.45, 7) is 9.38. The Labute approximate surface area is 189 Å². The van der Waals surface area contributed by atoms with Gasteiger partial charge in [-0.25, -0.2) is 9.37 Å². The predicted octanol–water partition coefficient (Wildman–Crippen LogP) is 3.91. The maximum absolute atomic E-state index is 13.9. The van der Waals surface area contributed by atoms with Crippen molar-refractivity contribution in [1.82, 2.24) is 25.4 Å². The van der Waals surface area contributed by atoms with Gasteiger partial charge in [-0.15, -0.1) is 24.8 Å². The first-order valence-electron chi connectivity index (χ1n) is 10.3. The Bertz CT molecular complexity index is 926. The lowest BCUT2D eigenvalue weighted by Crippen LogP contribution is -2.47. The van der Waals surface area contributed by atoms with Gasteiger partial charge in [0.25, 0.3) is 0 Å². The van der Waals surface area contributed by atoms with Gasteiger partial charge in [0.2, 0.25) is 0 Å². The predicted molar refractivity (Wildman–Crippen MR) is 119 cm³/mol. The minimum atomic E-state index is -0.451. The van der Waals surface area contributed by atoms with Crippen molar-refractivity contribution in [2.24, 2.45) is 0 Å². The third kappa shape index (κ3) is 3.70. The molecule has 1 spiro atoms. The highest BCUT2D eigenvalue weighted by molar-refractivity contribution is 5.85. The molecule has 2 aromatic rings. The maximum atomic E-state index is 13.9. The van der Waals surface area contributed by atoms with Crippen LogP contribution in [0.3, 0.4) is 0 Å². The second-order valence-corrected chi connectivity index (χ2v) is 9.06. The maximum Gasteiger partial charge on any atom is 0.151 e. The lowest BCUT2D eigenvalue weighted by Gasteiger charge is -2.41. The van der Waals surface area contributed by atoms with Crippen LogP contribution in [0.5, 0.6) is 5.75 Å². The molecule has 2 fully saturated rings. The number of piperidine rings is 2. The van der Waals surface area contributed by atoms with Gasteiger partial charge in [-0.05, 0) is 53.2 Å². The second-order valence-electron chi connectivity index (χ2n) is 9.06. The summed E-state index contributed by atoms with van der Waals surface area (Å²) in [6, 6.07) is 1.79. The van der Waals surface area contributed by atoms with E-state index in [0.29, 0.717) is 17.5 Å². The topological polar surface area (TPSA) is 64.0 Å². The van der Waals surface area contributed by atoms with Crippen LogP contribution in [0, 0.1) is 12.7 Å². The summed E-state index contributed by atoms with van der Waals surface area (Å²) in [4.78, 5) is 4.36. The average Bonchev–Trinajstić information content (AvgIpc) is 3.00. The van der Waals surface area contributed by atoms with Crippen molar-refractivity contribution < 1.29 is 9.13 Å². The fraction of sp³-hybridized carbons (Fsp3) is 0.619. The molecule has 0 aromatic carbocycles. The molecular weight excluding hydrogens is 428 g/mol. The van der Waals surface area contributed by atoms with E-state index in [1.165, 1.54) is 12.3 Å². The van der Waals surface area contributed by atoms with E-state index in [2.05, 4.69) is 41.1 Å². The van der Waals surface area contributed by atoms with Crippen LogP contribution >= 0.6 is 24.8 Å². The number of fused-ring (bicyclic) bond motifs is 4. The number of hydrogen-bond acceptors (Lipinski definition) is 5. The summed E-state index contributed by atoms with van der Waals surface area (Å²) >= 11 is 0. The molecule has 0 bridgehead atoms. The summed E-state index contributed by atoms with van der Waals surface area (Å²) in [5.41, 5.74) is 3.48. The van der Waals surface area contributed by atoms with Crippen LogP contribution in [0.1, 0.15) is 56.8 Å². The molecule has 3 aliphatic heterocycles. The van der Waals surface area contributed by atoms with E-state index in [4.69, 9.17) is 9.84 Å². The molecule has 30 heavy (non-hydrogen) atoms. The Morgan fingerprint density at radius 1 is 1.17 bits per heavy atom. The number of rotatable bonds is 1. The van der Waals surface area contributed by atoms with E-state index in [9.17, 15) is 4.39 Å². The molecule has 0 aliphatic carbocycles. The lowest BCUT2D eigenvalue weighted by atomic mass is 9.81. The Morgan fingerprint density at radius 2 is 1.90 bits per heavy atom. The molecule has 0 radical (unpaired) electrons. The van der Waals surface area contributed by atoms with Gasteiger partial charge in [0.05, 0.1) is 12.2 Å². The van der Waals surface area contributed by atoms with E-state index in [1.807, 2.05) is 0 Å². The highest BCUT2D eigenvalue weighted by atomic mass is 35.5. The van der Waals surface area contributed by atoms with E-state index in [-0.39, 0.29) is 36.2 Å². The van der Waals surface area contributed by atoms with Crippen molar-refractivity contribution in [3.05, 3.63) is 29.3 Å². The molecule has 9 heteroatoms. The van der Waals surface area contributed by atoms with Crippen LogP contribution < -0.4 is 15.4 Å². The fourth-order valence-corrected chi connectivity index (χ4v) is 5.26. The third-order valence-corrected chi connectivity index (χ3v) is 6.54. The van der Waals surface area contributed by atoms with Gasteiger partial charge >= 0.3 is 0 Å². The van der Waals surface area contributed by atoms with Gasteiger partial charge in [0.15, 0.2) is 5.75 Å². The minimum absolute atomic E-state index is 0. The quantitative estimate of drug-likeness (QED) is 0.679. The van der Waals surface area contributed by atoms with Gasteiger partial charge < -0.3 is 15.4 Å². The fourth-order valence-electron chi connectivity index (χ4n) is 5.26. The van der Waals surface area contributed by atoms with Crippen LogP contribution in [0.15, 0.2) is 12.3 Å². The van der Waals surface area contributed by atoms with E-state index < -0.39 is 5.60 Å². The molecule has 5 rings (SSSR count). The van der Waals surface area contributed by atoms with Crippen molar-refractivity contribution in [3.8, 4) is 17.1 Å². The molecular formula is C21H30Cl2FN5O. The molecule has 1 unspecified atom stereocenters. The molecule has 2 aromatic heterocycles. The number of halogens is 3. The average molecular weight is 458 g/mol. The normalized spacial score (nSPS) is 23.4. The molecule has 0 saturated carbocycles.